The van der Waals surface area contributed by atoms with Crippen LogP contribution in [0.25, 0.3) is 33.1 Å². The number of H-pyrrole nitrogens is 2. The van der Waals surface area contributed by atoms with Crippen molar-refractivity contribution < 1.29 is 66.9 Å². The molecular formula is C60H80B3N11O16P13. The molecule has 3 saturated heterocycles. The summed E-state index contributed by atoms with van der Waals surface area (Å²) in [5.74, 6) is 0.273. The number of nitrogens with one attached hydrogen (secondary N) is 4. The van der Waals surface area contributed by atoms with Gasteiger partial charge in [-0.05, 0) is 110 Å². The molecule has 21 atom stereocenters. The highest BCUT2D eigenvalue weighted by Gasteiger charge is 2.56. The first-order chi connectivity index (χ1) is 49.1. The highest BCUT2D eigenvalue weighted by molar-refractivity contribution is 9.21. The number of rotatable bonds is 23. The molecule has 5 aromatic carbocycles. The number of nitrogens with two attached hydrogens (primary N) is 1. The van der Waals surface area contributed by atoms with Gasteiger partial charge in [0.25, 0.3) is 17.6 Å². The fourth-order valence-corrected chi connectivity index (χ4v) is 116. The van der Waals surface area contributed by atoms with E-state index >= 15 is 0 Å². The summed E-state index contributed by atoms with van der Waals surface area (Å²) < 4.78 is 69.0. The van der Waals surface area contributed by atoms with E-state index in [4.69, 9.17) is 52.9 Å². The monoisotopic (exact) mass is 1650 g/mol. The molecule has 0 amide bonds. The van der Waals surface area contributed by atoms with E-state index < -0.39 is 110 Å². The number of carbonyl (C=O) groups excluding carboxylic acids is 1. The van der Waals surface area contributed by atoms with Crippen LogP contribution in [0.4, 0.5) is 11.9 Å². The third kappa shape index (κ3) is 19.9. The molecule has 545 valence electrons. The first kappa shape index (κ1) is 83.9. The normalized spacial score (nSPS) is 21.9. The van der Waals surface area contributed by atoms with Crippen molar-refractivity contribution in [3.63, 3.8) is 0 Å². The van der Waals surface area contributed by atoms with Crippen molar-refractivity contribution in [2.24, 2.45) is 0 Å². The number of aromatic amines is 2. The second-order valence-corrected chi connectivity index (χ2v) is 70.0. The minimum absolute atomic E-state index is 0.0239. The van der Waals surface area contributed by atoms with Crippen molar-refractivity contribution in [2.75, 3.05) is 25.3 Å². The summed E-state index contributed by atoms with van der Waals surface area (Å²) >= 11 is 0. The number of aliphatic hydroxyl groups excluding tert-OH is 3. The highest BCUT2D eigenvalue weighted by Crippen LogP contribution is 3.16. The number of anilines is 2. The summed E-state index contributed by atoms with van der Waals surface area (Å²) in [6.07, 6.45) is -8.05. The Morgan fingerprint density at radius 3 is 1.79 bits per heavy atom. The maximum Gasteiger partial charge on any atom is 0.459 e. The van der Waals surface area contributed by atoms with Crippen molar-refractivity contribution in [1.82, 2.24) is 44.1 Å². The lowest BCUT2D eigenvalue weighted by atomic mass is 9.40. The molecule has 9 N–H and O–H groups in total. The fraction of sp³-hybridized carbons (Fsp3) is 0.350. The zero-order valence-corrected chi connectivity index (χ0v) is 70.1. The van der Waals surface area contributed by atoms with Crippen LogP contribution in [0.2, 0.25) is 0 Å². The number of fused-ring (bicyclic) bond motifs is 4. The molecule has 5 radical (unpaired) electrons. The Morgan fingerprint density at radius 1 is 0.699 bits per heavy atom. The summed E-state index contributed by atoms with van der Waals surface area (Å²) in [4.78, 5) is 60.9. The van der Waals surface area contributed by atoms with Gasteiger partial charge >= 0.3 is 13.7 Å². The maximum absolute atomic E-state index is 14.3. The molecule has 0 bridgehead atoms. The van der Waals surface area contributed by atoms with E-state index in [1.165, 1.54) is 38.2 Å². The van der Waals surface area contributed by atoms with Crippen LogP contribution in [0.15, 0.2) is 150 Å². The largest absolute Gasteiger partial charge is 0.497 e. The topological polar surface area (TPSA) is 355 Å². The fourth-order valence-electron chi connectivity index (χ4n) is 11.5. The number of nitrogens with zero attached hydrogens (tertiary/aromatic N) is 6. The molecule has 10 unspecified atom stereocenters. The molecule has 3 aliphatic rings. The molecule has 0 saturated carbocycles. The first-order valence-electron chi connectivity index (χ1n) is 31.4. The zero-order valence-electron chi connectivity index (χ0n) is 56.7. The molecule has 12 rings (SSSR count). The van der Waals surface area contributed by atoms with Crippen LogP contribution in [-0.4, -0.2) is 165 Å². The molecule has 3 aliphatic heterocycles. The number of imidazole rings is 2. The van der Waals surface area contributed by atoms with Gasteiger partial charge in [0, 0.05) is 35.0 Å². The van der Waals surface area contributed by atoms with Crippen LogP contribution < -0.4 is 36.5 Å². The lowest BCUT2D eigenvalue weighted by Crippen LogP contribution is -2.41. The number of aliphatic hydroxyl groups is 3. The minimum atomic E-state index is -4.40. The van der Waals surface area contributed by atoms with Gasteiger partial charge in [-0.3, -0.25) is 38.0 Å². The van der Waals surface area contributed by atoms with Gasteiger partial charge in [0.15, 0.2) is 34.8 Å². The third-order valence-electron chi connectivity index (χ3n) is 16.0. The highest BCUT2D eigenvalue weighted by atomic mass is 33.3. The molecule has 0 aliphatic carbocycles. The molecule has 0 spiro atoms. The van der Waals surface area contributed by atoms with Crippen molar-refractivity contribution in [2.45, 2.75) is 120 Å². The minimum Gasteiger partial charge on any atom is -0.497 e. The van der Waals surface area contributed by atoms with Gasteiger partial charge in [0.05, 0.1) is 38.1 Å². The average Bonchev–Trinajstić information content (AvgIpc) is 1.73. The van der Waals surface area contributed by atoms with Gasteiger partial charge in [-0.1, -0.05) is 109 Å². The zero-order chi connectivity index (χ0) is 74.8. The first-order valence-corrected chi connectivity index (χ1v) is 53.8. The lowest BCUT2D eigenvalue weighted by Gasteiger charge is -2.37. The van der Waals surface area contributed by atoms with Crippen LogP contribution in [-0.2, 0) is 47.8 Å². The summed E-state index contributed by atoms with van der Waals surface area (Å²) in [6, 6.07) is 39.0. The number of carbonyl (C=O) groups is 1. The maximum atomic E-state index is 14.3. The van der Waals surface area contributed by atoms with Gasteiger partial charge < -0.3 is 64.1 Å². The van der Waals surface area contributed by atoms with E-state index in [9.17, 15) is 34.3 Å². The quantitative estimate of drug-likeness (QED) is 0.0128. The summed E-state index contributed by atoms with van der Waals surface area (Å²) in [7, 11) is 29.7. The Bertz CT molecular complexity index is 4410. The van der Waals surface area contributed by atoms with E-state index in [0.717, 1.165) is 29.1 Å². The van der Waals surface area contributed by atoms with Gasteiger partial charge in [0.1, 0.15) is 59.7 Å². The van der Waals surface area contributed by atoms with E-state index in [0.29, 0.717) is 11.1 Å². The molecular weight excluding hydrogens is 1570 g/mol. The van der Waals surface area contributed by atoms with E-state index in [2.05, 4.69) is 113 Å². The van der Waals surface area contributed by atoms with Gasteiger partial charge in [-0.25, -0.2) is 14.5 Å². The summed E-state index contributed by atoms with van der Waals surface area (Å²) in [6.45, 7) is 7.68. The van der Waals surface area contributed by atoms with Crippen LogP contribution in [0.3, 0.4) is 0 Å². The SMILES string of the molecule is CC(C)OC(=O)[C@H](C)NP(=O)(Oc1cccc2ccccc12)O[C@H](C)[C@H]1O[C@@H](n2cnc3c(=O)[nH]c(N)nc32)[C@H](O)[C@@H]1O.COc1ccc(C(Nc2nc3c(ncn3[C@@H]3O[C@H]([C@@H](C)O)[C@H]4OC(OC)O[C@H]43)c(=O)[nH]2)(c2ccccc2)c2ccccc2)cc1.PP(P)P(P)P(P(P)P)P(P)P.[B][B][B]. The van der Waals surface area contributed by atoms with E-state index in [-0.39, 0.29) is 74.9 Å². The van der Waals surface area contributed by atoms with E-state index in [1.807, 2.05) is 103 Å². The molecule has 9 aromatic rings. The van der Waals surface area contributed by atoms with Crippen molar-refractivity contribution >= 4 is 179 Å². The smallest absolute Gasteiger partial charge is 0.459 e. The Kier molecular flexibility index (Phi) is 31.0. The molecule has 3 fully saturated rings. The van der Waals surface area contributed by atoms with Crippen LogP contribution >= 0.6 is 105 Å². The van der Waals surface area contributed by atoms with E-state index in [1.54, 1.807) is 56.7 Å². The second kappa shape index (κ2) is 38.0. The summed E-state index contributed by atoms with van der Waals surface area (Å²) in [5.41, 5.74) is 6.76. The Balaban J connectivity index is 0.000000200. The Hall–Kier alpha value is -3.09. The number of hydrogen-bond donors (Lipinski definition) is 8. The molecule has 4 aromatic heterocycles. The van der Waals surface area contributed by atoms with Crippen molar-refractivity contribution in [1.29, 1.82) is 0 Å². The van der Waals surface area contributed by atoms with Crippen LogP contribution in [0.1, 0.15) is 63.8 Å². The Labute approximate surface area is 620 Å². The number of hydrogen-bond acceptors (Lipinski definition) is 22. The predicted octanol–water partition coefficient (Wildman–Crippen LogP) is 11.0. The van der Waals surface area contributed by atoms with Gasteiger partial charge in [-0.15, -0.1) is 62.5 Å². The van der Waals surface area contributed by atoms with Gasteiger partial charge in [0.2, 0.25) is 11.9 Å². The molecule has 103 heavy (non-hydrogen) atoms. The number of ether oxygens (including phenoxy) is 7. The number of benzene rings is 5. The lowest BCUT2D eigenvalue weighted by molar-refractivity contribution is -0.259. The number of methoxy groups -OCH3 is 2. The molecule has 27 nitrogen and oxygen atoms in total. The van der Waals surface area contributed by atoms with Crippen molar-refractivity contribution in [3.8, 4) is 11.5 Å². The Morgan fingerprint density at radius 2 is 1.23 bits per heavy atom. The standard InChI is InChI=1S/C33H33N5O7.C27H33N6O9P.B3.H14P12/c1-19(39)25-26-27(45-32(42-3)44-26)30(43-25)38-18-34-24-28(38)35-31(36-29(24)40)37-33(20-10-6-4-7-11-20,21-12-8-5-9-13-21)22-14-16-23(41-2)17-15-22;1-13(2)39-26(37)14(3)32-43(38,42-18-11-7-9-16-8-5-6-10-17(16)18)41-15(4)22-20(34)21(35)25(40-22)33-12-29-19-23(33)30-27(28)31-24(19)36;1-3-2;1-8(2)11(7)12(9(3)4)10(5)6/h4-19,25-27,30,32,39H,1-3H3,(H2,35,36,37,40);5-15,20-22,25,34-35H,1-4H3,(H,32,38)(H3,28,30,31,36);;1-7H2/t19-,25-,26-,27-,30-,32?;14-,15+,20-,21+,22+,25+,43?;;/m10../s1. The van der Waals surface area contributed by atoms with Gasteiger partial charge in [-0.2, -0.15) is 15.1 Å². The summed E-state index contributed by atoms with van der Waals surface area (Å²) in [5, 5.41) is 40.0. The number of aromatic nitrogens is 8. The molecule has 43 heteroatoms. The molecule has 7 heterocycles. The van der Waals surface area contributed by atoms with Crippen molar-refractivity contribution in [3.05, 3.63) is 177 Å². The number of nitrogen functional groups attached to an aromatic ring is 1. The van der Waals surface area contributed by atoms with Crippen LogP contribution in [0, 0.1) is 0 Å². The third-order valence-corrected chi connectivity index (χ3v) is 84.4. The number of esters is 1. The predicted molar refractivity (Wildman–Crippen MR) is 439 cm³/mol. The van der Waals surface area contributed by atoms with Crippen LogP contribution in [0.5, 0.6) is 11.5 Å². The average molecular weight is 1650 g/mol. The second-order valence-electron chi connectivity index (χ2n) is 23.4.